The quantitative estimate of drug-likeness (QED) is 0.731. The lowest BCUT2D eigenvalue weighted by Gasteiger charge is -2.30. The van der Waals surface area contributed by atoms with E-state index in [0.717, 1.165) is 45.5 Å². The smallest absolute Gasteiger partial charge is 0.244 e. The standard InChI is InChI=1S/C21H26F2N2O3S/c1-6-20(16-8-7-13(2)14(3)11-16)24-21(26)15(4)25(29(5,27)28)17-9-10-18(22)19(23)12-17/h7-12,15,20H,6H2,1-5H3,(H,24,26)/t15-,20+/m0/s1. The Bertz CT molecular complexity index is 1010. The molecule has 1 amide bonds. The summed E-state index contributed by atoms with van der Waals surface area (Å²) < 4.78 is 52.3. The molecule has 5 nitrogen and oxygen atoms in total. The van der Waals surface area contributed by atoms with Gasteiger partial charge in [0.2, 0.25) is 15.9 Å². The molecule has 0 aliphatic heterocycles. The number of amides is 1. The summed E-state index contributed by atoms with van der Waals surface area (Å²) in [6.07, 6.45) is 1.52. The Morgan fingerprint density at radius 3 is 2.24 bits per heavy atom. The molecule has 0 bridgehead atoms. The summed E-state index contributed by atoms with van der Waals surface area (Å²) in [6.45, 7) is 7.29. The maximum atomic E-state index is 13.7. The van der Waals surface area contributed by atoms with Crippen LogP contribution in [0.5, 0.6) is 0 Å². The molecule has 0 fully saturated rings. The third-order valence-electron chi connectivity index (χ3n) is 4.90. The van der Waals surface area contributed by atoms with Crippen LogP contribution in [0, 0.1) is 25.5 Å². The highest BCUT2D eigenvalue weighted by atomic mass is 32.2. The lowest BCUT2D eigenvalue weighted by Crippen LogP contribution is -2.48. The van der Waals surface area contributed by atoms with Gasteiger partial charge in [-0.25, -0.2) is 17.2 Å². The van der Waals surface area contributed by atoms with E-state index >= 15 is 0 Å². The van der Waals surface area contributed by atoms with Crippen LogP contribution in [-0.4, -0.2) is 26.6 Å². The highest BCUT2D eigenvalue weighted by molar-refractivity contribution is 7.92. The van der Waals surface area contributed by atoms with Gasteiger partial charge in [-0.2, -0.15) is 0 Å². The molecular formula is C21H26F2N2O3S. The molecule has 0 spiro atoms. The van der Waals surface area contributed by atoms with Gasteiger partial charge in [0.1, 0.15) is 6.04 Å². The molecule has 158 valence electrons. The molecule has 0 heterocycles. The second kappa shape index (κ2) is 8.90. The maximum Gasteiger partial charge on any atom is 0.244 e. The van der Waals surface area contributed by atoms with E-state index in [9.17, 15) is 22.0 Å². The number of sulfonamides is 1. The number of rotatable bonds is 7. The fourth-order valence-corrected chi connectivity index (χ4v) is 4.29. The van der Waals surface area contributed by atoms with Crippen molar-refractivity contribution in [3.05, 3.63) is 64.7 Å². The van der Waals surface area contributed by atoms with Crippen LogP contribution < -0.4 is 9.62 Å². The van der Waals surface area contributed by atoms with Crippen LogP contribution in [-0.2, 0) is 14.8 Å². The third-order valence-corrected chi connectivity index (χ3v) is 6.15. The van der Waals surface area contributed by atoms with Gasteiger partial charge in [0.05, 0.1) is 18.0 Å². The summed E-state index contributed by atoms with van der Waals surface area (Å²) in [7, 11) is -3.93. The summed E-state index contributed by atoms with van der Waals surface area (Å²) >= 11 is 0. The van der Waals surface area contributed by atoms with Crippen molar-refractivity contribution < 1.29 is 22.0 Å². The molecule has 2 aromatic rings. The molecule has 0 saturated heterocycles. The molecule has 0 aliphatic rings. The Kier molecular flexibility index (Phi) is 7.00. The molecular weight excluding hydrogens is 398 g/mol. The zero-order valence-corrected chi connectivity index (χ0v) is 18.0. The average Bonchev–Trinajstić information content (AvgIpc) is 2.63. The molecule has 2 atom stereocenters. The second-order valence-electron chi connectivity index (χ2n) is 7.15. The van der Waals surface area contributed by atoms with Gasteiger partial charge in [0.15, 0.2) is 11.6 Å². The van der Waals surface area contributed by atoms with Crippen molar-refractivity contribution >= 4 is 21.6 Å². The van der Waals surface area contributed by atoms with E-state index in [0.29, 0.717) is 6.42 Å². The first-order chi connectivity index (χ1) is 13.5. The highest BCUT2D eigenvalue weighted by Gasteiger charge is 2.31. The zero-order chi connectivity index (χ0) is 21.9. The van der Waals surface area contributed by atoms with Crippen LogP contribution >= 0.6 is 0 Å². The van der Waals surface area contributed by atoms with E-state index in [1.165, 1.54) is 6.92 Å². The highest BCUT2D eigenvalue weighted by Crippen LogP contribution is 2.25. The van der Waals surface area contributed by atoms with Crippen LogP contribution in [0.2, 0.25) is 0 Å². The minimum atomic E-state index is -3.93. The summed E-state index contributed by atoms with van der Waals surface area (Å²) in [5.41, 5.74) is 3.01. The molecule has 1 N–H and O–H groups in total. The number of aryl methyl sites for hydroxylation is 2. The fraction of sp³-hybridized carbons (Fsp3) is 0.381. The third kappa shape index (κ3) is 5.32. The Morgan fingerprint density at radius 1 is 1.07 bits per heavy atom. The lowest BCUT2D eigenvalue weighted by atomic mass is 9.99. The van der Waals surface area contributed by atoms with Crippen LogP contribution in [0.1, 0.15) is 43.0 Å². The van der Waals surface area contributed by atoms with Gasteiger partial charge in [0, 0.05) is 6.07 Å². The maximum absolute atomic E-state index is 13.7. The van der Waals surface area contributed by atoms with Crippen LogP contribution in [0.25, 0.3) is 0 Å². The molecule has 2 rings (SSSR count). The number of benzene rings is 2. The van der Waals surface area contributed by atoms with E-state index in [2.05, 4.69) is 5.32 Å². The summed E-state index contributed by atoms with van der Waals surface area (Å²) in [5.74, 6) is -2.82. The van der Waals surface area contributed by atoms with Gasteiger partial charge < -0.3 is 5.32 Å². The van der Waals surface area contributed by atoms with E-state index in [-0.39, 0.29) is 11.7 Å². The molecule has 0 radical (unpaired) electrons. The predicted molar refractivity (Wildman–Crippen MR) is 110 cm³/mol. The van der Waals surface area contributed by atoms with Crippen molar-refractivity contribution in [2.24, 2.45) is 0 Å². The number of hydrogen-bond acceptors (Lipinski definition) is 3. The lowest BCUT2D eigenvalue weighted by molar-refractivity contribution is -0.122. The van der Waals surface area contributed by atoms with Gasteiger partial charge >= 0.3 is 0 Å². The van der Waals surface area contributed by atoms with E-state index in [1.807, 2.05) is 39.0 Å². The molecule has 0 saturated carbocycles. The van der Waals surface area contributed by atoms with Crippen molar-refractivity contribution in [2.45, 2.75) is 46.2 Å². The summed E-state index contributed by atoms with van der Waals surface area (Å²) in [6, 6.07) is 7.13. The summed E-state index contributed by atoms with van der Waals surface area (Å²) in [5, 5.41) is 2.86. The first kappa shape index (κ1) is 22.8. The number of nitrogens with one attached hydrogen (secondary N) is 1. The van der Waals surface area contributed by atoms with Gasteiger partial charge in [-0.3, -0.25) is 9.10 Å². The minimum absolute atomic E-state index is 0.117. The SMILES string of the molecule is CC[C@@H](NC(=O)[C@H](C)N(c1ccc(F)c(F)c1)S(C)(=O)=O)c1ccc(C)c(C)c1. The largest absolute Gasteiger partial charge is 0.347 e. The molecule has 29 heavy (non-hydrogen) atoms. The Balaban J connectivity index is 2.32. The topological polar surface area (TPSA) is 66.5 Å². The van der Waals surface area contributed by atoms with Crippen molar-refractivity contribution in [1.82, 2.24) is 5.32 Å². The Hall–Kier alpha value is -2.48. The number of anilines is 1. The molecule has 8 heteroatoms. The fourth-order valence-electron chi connectivity index (χ4n) is 3.13. The average molecular weight is 425 g/mol. The van der Waals surface area contributed by atoms with Crippen molar-refractivity contribution in [2.75, 3.05) is 10.6 Å². The molecule has 0 unspecified atom stereocenters. The second-order valence-corrected chi connectivity index (χ2v) is 9.01. The predicted octanol–water partition coefficient (Wildman–Crippen LogP) is 4.00. The number of nitrogens with zero attached hydrogens (tertiary/aromatic N) is 1. The molecule has 2 aromatic carbocycles. The first-order valence-electron chi connectivity index (χ1n) is 9.27. The van der Waals surface area contributed by atoms with Crippen molar-refractivity contribution in [1.29, 1.82) is 0 Å². The number of carbonyl (C=O) groups is 1. The van der Waals surface area contributed by atoms with E-state index < -0.39 is 33.6 Å². The summed E-state index contributed by atoms with van der Waals surface area (Å²) in [4.78, 5) is 12.9. The number of halogens is 2. The number of carbonyl (C=O) groups excluding carboxylic acids is 1. The van der Waals surface area contributed by atoms with Crippen LogP contribution in [0.3, 0.4) is 0 Å². The first-order valence-corrected chi connectivity index (χ1v) is 11.1. The van der Waals surface area contributed by atoms with E-state index in [1.54, 1.807) is 0 Å². The monoisotopic (exact) mass is 424 g/mol. The van der Waals surface area contributed by atoms with E-state index in [4.69, 9.17) is 0 Å². The Morgan fingerprint density at radius 2 is 1.72 bits per heavy atom. The molecule has 0 aliphatic carbocycles. The van der Waals surface area contributed by atoms with Gasteiger partial charge in [-0.1, -0.05) is 25.1 Å². The van der Waals surface area contributed by atoms with Gasteiger partial charge in [-0.15, -0.1) is 0 Å². The Labute approximate surface area is 170 Å². The van der Waals surface area contributed by atoms with Gasteiger partial charge in [-0.05, 0) is 56.0 Å². The number of hydrogen-bond donors (Lipinski definition) is 1. The van der Waals surface area contributed by atoms with Crippen molar-refractivity contribution in [3.63, 3.8) is 0 Å². The van der Waals surface area contributed by atoms with Crippen LogP contribution in [0.15, 0.2) is 36.4 Å². The minimum Gasteiger partial charge on any atom is -0.347 e. The van der Waals surface area contributed by atoms with Crippen LogP contribution in [0.4, 0.5) is 14.5 Å². The normalized spacial score (nSPS) is 13.6. The van der Waals surface area contributed by atoms with Crippen molar-refractivity contribution in [3.8, 4) is 0 Å². The van der Waals surface area contributed by atoms with Gasteiger partial charge in [0.25, 0.3) is 0 Å². The molecule has 0 aromatic heterocycles. The zero-order valence-electron chi connectivity index (χ0n) is 17.2.